The molecule has 18 heavy (non-hydrogen) atoms. The second kappa shape index (κ2) is 4.11. The van der Waals surface area contributed by atoms with Crippen LogP contribution in [0.3, 0.4) is 0 Å². The van der Waals surface area contributed by atoms with Gasteiger partial charge in [0.1, 0.15) is 11.6 Å². The van der Waals surface area contributed by atoms with Crippen LogP contribution in [-0.2, 0) is 6.54 Å². The molecule has 6 heteroatoms. The first kappa shape index (κ1) is 12.0. The number of nitriles is 1. The van der Waals surface area contributed by atoms with E-state index in [4.69, 9.17) is 11.0 Å². The predicted octanol–water partition coefficient (Wildman–Crippen LogP) is 1.75. The van der Waals surface area contributed by atoms with Crippen LogP contribution < -0.4 is 11.2 Å². The van der Waals surface area contributed by atoms with Crippen molar-refractivity contribution in [1.82, 2.24) is 4.57 Å². The molecule has 2 aromatic rings. The molecular formula is C12H9F2N3O. The molecule has 0 amide bonds. The van der Waals surface area contributed by atoms with E-state index < -0.39 is 22.8 Å². The van der Waals surface area contributed by atoms with E-state index >= 15 is 0 Å². The number of nitrogens with two attached hydrogens (primary N) is 1. The lowest BCUT2D eigenvalue weighted by molar-refractivity contribution is 0.513. The van der Waals surface area contributed by atoms with Crippen molar-refractivity contribution in [3.63, 3.8) is 0 Å². The molecule has 0 spiro atoms. The number of nitrogens with zero attached hydrogens (tertiary/aromatic N) is 2. The van der Waals surface area contributed by atoms with Gasteiger partial charge in [-0.05, 0) is 6.92 Å². The monoisotopic (exact) mass is 249 g/mol. The van der Waals surface area contributed by atoms with Gasteiger partial charge in [-0.15, -0.1) is 0 Å². The second-order valence-corrected chi connectivity index (χ2v) is 3.75. The number of benzene rings is 1. The number of nitrogen functional groups attached to an aromatic ring is 1. The van der Waals surface area contributed by atoms with Crippen molar-refractivity contribution in [3.8, 4) is 6.07 Å². The molecule has 0 aliphatic heterocycles. The fraction of sp³-hybridized carbons (Fsp3) is 0.167. The van der Waals surface area contributed by atoms with Gasteiger partial charge >= 0.3 is 0 Å². The predicted molar refractivity (Wildman–Crippen MR) is 62.9 cm³/mol. The standard InChI is InChI=1S/C12H9F2N3O/c1-2-17-5-6(4-15)12(18)9-8(17)3-7(13)10(14)11(9)16/h3,5H,2,16H2,1H3. The Bertz CT molecular complexity index is 744. The number of fused-ring (bicyclic) bond motifs is 1. The molecule has 1 aromatic heterocycles. The molecule has 2 rings (SSSR count). The van der Waals surface area contributed by atoms with Gasteiger partial charge in [-0.1, -0.05) is 0 Å². The molecule has 0 aliphatic rings. The van der Waals surface area contributed by atoms with Crippen LogP contribution in [0.5, 0.6) is 0 Å². The number of rotatable bonds is 1. The first-order chi connectivity index (χ1) is 8.51. The molecule has 0 saturated carbocycles. The van der Waals surface area contributed by atoms with Crippen LogP contribution in [0.15, 0.2) is 17.1 Å². The lowest BCUT2D eigenvalue weighted by Gasteiger charge is -2.11. The average molecular weight is 249 g/mol. The molecule has 2 N–H and O–H groups in total. The van der Waals surface area contributed by atoms with Crippen molar-refractivity contribution in [2.24, 2.45) is 0 Å². The minimum absolute atomic E-state index is 0.151. The Morgan fingerprint density at radius 2 is 2.17 bits per heavy atom. The molecule has 92 valence electrons. The maximum Gasteiger partial charge on any atom is 0.209 e. The average Bonchev–Trinajstić information content (AvgIpc) is 2.36. The van der Waals surface area contributed by atoms with Crippen LogP contribution in [0.25, 0.3) is 10.9 Å². The molecule has 0 unspecified atom stereocenters. The molecule has 4 nitrogen and oxygen atoms in total. The third-order valence-corrected chi connectivity index (χ3v) is 2.76. The van der Waals surface area contributed by atoms with E-state index in [1.165, 1.54) is 10.8 Å². The Balaban J connectivity index is 3.12. The summed E-state index contributed by atoms with van der Waals surface area (Å²) in [4.78, 5) is 11.9. The summed E-state index contributed by atoms with van der Waals surface area (Å²) in [7, 11) is 0. The minimum atomic E-state index is -1.27. The van der Waals surface area contributed by atoms with Gasteiger partial charge in [-0.25, -0.2) is 8.78 Å². The Morgan fingerprint density at radius 3 is 2.72 bits per heavy atom. The molecule has 1 aromatic carbocycles. The maximum absolute atomic E-state index is 13.4. The number of halogens is 2. The van der Waals surface area contributed by atoms with E-state index in [-0.39, 0.29) is 16.5 Å². The van der Waals surface area contributed by atoms with Crippen molar-refractivity contribution < 1.29 is 8.78 Å². The second-order valence-electron chi connectivity index (χ2n) is 3.75. The van der Waals surface area contributed by atoms with Gasteiger partial charge in [0.15, 0.2) is 11.6 Å². The van der Waals surface area contributed by atoms with E-state index in [0.29, 0.717) is 6.54 Å². The highest BCUT2D eigenvalue weighted by atomic mass is 19.2. The quantitative estimate of drug-likeness (QED) is 0.782. The Hall–Kier alpha value is -2.42. The summed E-state index contributed by atoms with van der Waals surface area (Å²) in [5.41, 5.74) is 4.21. The Kier molecular flexibility index (Phi) is 2.75. The lowest BCUT2D eigenvalue weighted by atomic mass is 10.1. The van der Waals surface area contributed by atoms with Crippen LogP contribution in [-0.4, -0.2) is 4.57 Å². The number of anilines is 1. The zero-order valence-electron chi connectivity index (χ0n) is 9.50. The third kappa shape index (κ3) is 1.52. The molecule has 0 fully saturated rings. The lowest BCUT2D eigenvalue weighted by Crippen LogP contribution is -2.15. The highest BCUT2D eigenvalue weighted by molar-refractivity contribution is 5.91. The fourth-order valence-corrected chi connectivity index (χ4v) is 1.86. The number of hydrogen-bond donors (Lipinski definition) is 1. The van der Waals surface area contributed by atoms with Crippen molar-refractivity contribution in [1.29, 1.82) is 5.26 Å². The summed E-state index contributed by atoms with van der Waals surface area (Å²) < 4.78 is 28.2. The van der Waals surface area contributed by atoms with Crippen molar-refractivity contribution >= 4 is 16.6 Å². The highest BCUT2D eigenvalue weighted by Crippen LogP contribution is 2.24. The number of pyridine rings is 1. The Labute approximate surface area is 101 Å². The normalized spacial score (nSPS) is 10.6. The molecular weight excluding hydrogens is 240 g/mol. The zero-order valence-corrected chi connectivity index (χ0v) is 9.50. The number of aryl methyl sites for hydroxylation is 1. The van der Waals surface area contributed by atoms with Crippen molar-refractivity contribution in [3.05, 3.63) is 39.7 Å². The smallest absolute Gasteiger partial charge is 0.209 e. The van der Waals surface area contributed by atoms with Crippen LogP contribution in [0, 0.1) is 23.0 Å². The largest absolute Gasteiger partial charge is 0.396 e. The highest BCUT2D eigenvalue weighted by Gasteiger charge is 2.17. The SMILES string of the molecule is CCn1cc(C#N)c(=O)c2c(N)c(F)c(F)cc21. The van der Waals surface area contributed by atoms with Gasteiger partial charge in [0.2, 0.25) is 5.43 Å². The number of aromatic nitrogens is 1. The number of hydrogen-bond acceptors (Lipinski definition) is 3. The summed E-state index contributed by atoms with van der Waals surface area (Å²) >= 11 is 0. The van der Waals surface area contributed by atoms with Crippen molar-refractivity contribution in [2.75, 3.05) is 5.73 Å². The van der Waals surface area contributed by atoms with E-state index in [1.54, 1.807) is 13.0 Å². The summed E-state index contributed by atoms with van der Waals surface area (Å²) in [6, 6.07) is 2.63. The maximum atomic E-state index is 13.4. The molecule has 0 aliphatic carbocycles. The summed E-state index contributed by atoms with van der Waals surface area (Å²) in [5.74, 6) is -2.39. The first-order valence-corrected chi connectivity index (χ1v) is 5.22. The Morgan fingerprint density at radius 1 is 1.50 bits per heavy atom. The van der Waals surface area contributed by atoms with E-state index in [2.05, 4.69) is 0 Å². The summed E-state index contributed by atoms with van der Waals surface area (Å²) in [6.07, 6.45) is 1.31. The topological polar surface area (TPSA) is 71.8 Å². The van der Waals surface area contributed by atoms with E-state index in [9.17, 15) is 13.6 Å². The van der Waals surface area contributed by atoms with Crippen LogP contribution in [0.2, 0.25) is 0 Å². The third-order valence-electron chi connectivity index (χ3n) is 2.76. The van der Waals surface area contributed by atoms with E-state index in [1.807, 2.05) is 0 Å². The van der Waals surface area contributed by atoms with Crippen LogP contribution in [0.4, 0.5) is 14.5 Å². The molecule has 0 atom stereocenters. The van der Waals surface area contributed by atoms with Gasteiger partial charge in [-0.3, -0.25) is 4.79 Å². The zero-order chi connectivity index (χ0) is 13.4. The van der Waals surface area contributed by atoms with Gasteiger partial charge < -0.3 is 10.3 Å². The minimum Gasteiger partial charge on any atom is -0.396 e. The molecule has 0 radical (unpaired) electrons. The summed E-state index contributed by atoms with van der Waals surface area (Å²) in [6.45, 7) is 2.15. The van der Waals surface area contributed by atoms with E-state index in [0.717, 1.165) is 6.07 Å². The molecule has 0 saturated heterocycles. The van der Waals surface area contributed by atoms with Crippen LogP contribution >= 0.6 is 0 Å². The molecule has 0 bridgehead atoms. The summed E-state index contributed by atoms with van der Waals surface area (Å²) in [5, 5.41) is 8.68. The molecule has 1 heterocycles. The van der Waals surface area contributed by atoms with Crippen molar-refractivity contribution in [2.45, 2.75) is 13.5 Å². The van der Waals surface area contributed by atoms with Gasteiger partial charge in [0.25, 0.3) is 0 Å². The van der Waals surface area contributed by atoms with Gasteiger partial charge in [-0.2, -0.15) is 5.26 Å². The van der Waals surface area contributed by atoms with Gasteiger partial charge in [0, 0.05) is 18.8 Å². The fourth-order valence-electron chi connectivity index (χ4n) is 1.86. The first-order valence-electron chi connectivity index (χ1n) is 5.22. The van der Waals surface area contributed by atoms with Gasteiger partial charge in [0.05, 0.1) is 16.6 Å². The van der Waals surface area contributed by atoms with Crippen LogP contribution in [0.1, 0.15) is 12.5 Å².